The Morgan fingerprint density at radius 1 is 1.31 bits per heavy atom. The van der Waals surface area contributed by atoms with Crippen LogP contribution in [-0.2, 0) is 9.59 Å². The number of hydrogen-bond acceptors (Lipinski definition) is 3. The molecule has 0 atom stereocenters. The van der Waals surface area contributed by atoms with Crippen LogP contribution in [0.1, 0.15) is 5.56 Å². The lowest BCUT2D eigenvalue weighted by molar-refractivity contribution is -0.138. The summed E-state index contributed by atoms with van der Waals surface area (Å²) in [5.41, 5.74) is 0.885. The third-order valence-electron chi connectivity index (χ3n) is 2.38. The van der Waals surface area contributed by atoms with Crippen LogP contribution in [0.2, 0.25) is 0 Å². The van der Waals surface area contributed by atoms with Gasteiger partial charge in [-0.2, -0.15) is 5.26 Å². The summed E-state index contributed by atoms with van der Waals surface area (Å²) in [6, 6.07) is 8.74. The Labute approximate surface area is 92.3 Å². The molecule has 1 saturated heterocycles. The van der Waals surface area contributed by atoms with Gasteiger partial charge in [0.1, 0.15) is 6.07 Å². The summed E-state index contributed by atoms with van der Waals surface area (Å²) in [5, 5.41) is 11.4. The number of anilines is 1. The Bertz CT molecular complexity index is 490. The van der Waals surface area contributed by atoms with Gasteiger partial charge in [0.2, 0.25) is 0 Å². The average Bonchev–Trinajstić information content (AvgIpc) is 2.33. The van der Waals surface area contributed by atoms with Crippen LogP contribution in [0.3, 0.4) is 0 Å². The van der Waals surface area contributed by atoms with Gasteiger partial charge in [-0.15, -0.1) is 0 Å². The van der Waals surface area contributed by atoms with Crippen LogP contribution in [0.15, 0.2) is 24.3 Å². The Balaban J connectivity index is 2.40. The highest BCUT2D eigenvalue weighted by molar-refractivity contribution is 6.41. The van der Waals surface area contributed by atoms with Gasteiger partial charge < -0.3 is 10.2 Å². The second-order valence-electron chi connectivity index (χ2n) is 3.34. The van der Waals surface area contributed by atoms with Crippen LogP contribution >= 0.6 is 0 Å². The zero-order chi connectivity index (χ0) is 11.5. The van der Waals surface area contributed by atoms with Crippen molar-refractivity contribution in [2.75, 3.05) is 18.0 Å². The zero-order valence-electron chi connectivity index (χ0n) is 8.43. The molecule has 1 fully saturated rings. The predicted molar refractivity (Wildman–Crippen MR) is 56.5 cm³/mol. The minimum absolute atomic E-state index is 0.392. The van der Waals surface area contributed by atoms with Gasteiger partial charge in [-0.05, 0) is 12.1 Å². The van der Waals surface area contributed by atoms with Crippen molar-refractivity contribution < 1.29 is 9.59 Å². The fourth-order valence-electron chi connectivity index (χ4n) is 1.61. The van der Waals surface area contributed by atoms with Crippen LogP contribution in [0, 0.1) is 11.3 Å². The summed E-state index contributed by atoms with van der Waals surface area (Å²) >= 11 is 0. The molecule has 0 bridgehead atoms. The quantitative estimate of drug-likeness (QED) is 0.671. The summed E-state index contributed by atoms with van der Waals surface area (Å²) in [5.74, 6) is -1.24. The summed E-state index contributed by atoms with van der Waals surface area (Å²) in [7, 11) is 0. The molecule has 2 rings (SSSR count). The molecule has 1 aliphatic heterocycles. The van der Waals surface area contributed by atoms with Crippen molar-refractivity contribution in [3.8, 4) is 6.07 Å². The zero-order valence-corrected chi connectivity index (χ0v) is 8.43. The van der Waals surface area contributed by atoms with Gasteiger partial charge in [0.15, 0.2) is 0 Å². The molecule has 1 aromatic rings. The smallest absolute Gasteiger partial charge is 0.316 e. The van der Waals surface area contributed by atoms with Gasteiger partial charge in [0, 0.05) is 13.1 Å². The van der Waals surface area contributed by atoms with Crippen LogP contribution in [0.25, 0.3) is 0 Å². The van der Waals surface area contributed by atoms with Crippen LogP contribution in [0.4, 0.5) is 5.69 Å². The first-order valence-electron chi connectivity index (χ1n) is 4.83. The van der Waals surface area contributed by atoms with E-state index >= 15 is 0 Å². The first-order valence-corrected chi connectivity index (χ1v) is 4.83. The molecule has 1 N–H and O–H groups in total. The molecule has 0 aromatic heterocycles. The predicted octanol–water partition coefficient (Wildman–Crippen LogP) is 0.0211. The third kappa shape index (κ3) is 1.61. The number of amides is 2. The molecule has 0 spiro atoms. The number of nitriles is 1. The molecular formula is C11H9N3O2. The molecule has 80 valence electrons. The molecule has 1 aliphatic rings. The monoisotopic (exact) mass is 215 g/mol. The number of carbonyl (C=O) groups excluding carboxylic acids is 2. The normalized spacial score (nSPS) is 15.6. The van der Waals surface area contributed by atoms with Gasteiger partial charge in [-0.25, -0.2) is 0 Å². The van der Waals surface area contributed by atoms with Crippen LogP contribution in [-0.4, -0.2) is 24.9 Å². The largest absolute Gasteiger partial charge is 0.346 e. The lowest BCUT2D eigenvalue weighted by Gasteiger charge is -2.26. The van der Waals surface area contributed by atoms with Crippen molar-refractivity contribution in [2.45, 2.75) is 0 Å². The molecular weight excluding hydrogens is 206 g/mol. The van der Waals surface area contributed by atoms with Crippen LogP contribution in [0.5, 0.6) is 0 Å². The number of para-hydroxylation sites is 1. The standard InChI is InChI=1S/C11H9N3O2/c12-7-8-3-1-2-4-9(8)14-6-5-13-10(15)11(14)16/h1-4H,5-6H2,(H,13,15). The van der Waals surface area contributed by atoms with Gasteiger partial charge in [0.05, 0.1) is 11.3 Å². The van der Waals surface area contributed by atoms with E-state index in [-0.39, 0.29) is 0 Å². The van der Waals surface area contributed by atoms with Gasteiger partial charge in [-0.3, -0.25) is 9.59 Å². The Hall–Kier alpha value is -2.35. The summed E-state index contributed by atoms with van der Waals surface area (Å²) < 4.78 is 0. The summed E-state index contributed by atoms with van der Waals surface area (Å²) in [6.45, 7) is 0.799. The van der Waals surface area contributed by atoms with E-state index in [0.29, 0.717) is 24.3 Å². The molecule has 5 nitrogen and oxygen atoms in total. The highest BCUT2D eigenvalue weighted by Gasteiger charge is 2.28. The highest BCUT2D eigenvalue weighted by atomic mass is 16.2. The Morgan fingerprint density at radius 3 is 2.81 bits per heavy atom. The fourth-order valence-corrected chi connectivity index (χ4v) is 1.61. The van der Waals surface area contributed by atoms with E-state index in [9.17, 15) is 9.59 Å². The molecule has 2 amide bonds. The molecule has 0 unspecified atom stereocenters. The van der Waals surface area contributed by atoms with Gasteiger partial charge in [-0.1, -0.05) is 12.1 Å². The highest BCUT2D eigenvalue weighted by Crippen LogP contribution is 2.20. The maximum Gasteiger partial charge on any atom is 0.316 e. The van der Waals surface area contributed by atoms with E-state index < -0.39 is 11.8 Å². The second-order valence-corrected chi connectivity index (χ2v) is 3.34. The van der Waals surface area contributed by atoms with E-state index in [1.165, 1.54) is 4.90 Å². The molecule has 1 heterocycles. The maximum absolute atomic E-state index is 11.6. The SMILES string of the molecule is N#Cc1ccccc1N1CCNC(=O)C1=O. The number of nitrogens with one attached hydrogen (secondary N) is 1. The lowest BCUT2D eigenvalue weighted by Crippen LogP contribution is -2.52. The third-order valence-corrected chi connectivity index (χ3v) is 2.38. The number of piperazine rings is 1. The van der Waals surface area contributed by atoms with Crippen molar-refractivity contribution in [3.63, 3.8) is 0 Å². The van der Waals surface area contributed by atoms with Crippen molar-refractivity contribution >= 4 is 17.5 Å². The first kappa shape index (κ1) is 10.2. The lowest BCUT2D eigenvalue weighted by atomic mass is 10.1. The van der Waals surface area contributed by atoms with Crippen molar-refractivity contribution in [1.29, 1.82) is 5.26 Å². The van der Waals surface area contributed by atoms with Crippen LogP contribution < -0.4 is 10.2 Å². The van der Waals surface area contributed by atoms with Gasteiger partial charge in [0.25, 0.3) is 0 Å². The van der Waals surface area contributed by atoms with E-state index in [0.717, 1.165) is 0 Å². The molecule has 5 heteroatoms. The molecule has 1 aromatic carbocycles. The molecule has 16 heavy (non-hydrogen) atoms. The Morgan fingerprint density at radius 2 is 2.06 bits per heavy atom. The second kappa shape index (κ2) is 4.03. The fraction of sp³-hybridized carbons (Fsp3) is 0.182. The minimum Gasteiger partial charge on any atom is -0.346 e. The molecule has 0 saturated carbocycles. The number of benzene rings is 1. The van der Waals surface area contributed by atoms with Crippen molar-refractivity contribution in [2.24, 2.45) is 0 Å². The van der Waals surface area contributed by atoms with Gasteiger partial charge >= 0.3 is 11.8 Å². The number of rotatable bonds is 1. The van der Waals surface area contributed by atoms with E-state index in [4.69, 9.17) is 5.26 Å². The van der Waals surface area contributed by atoms with Crippen molar-refractivity contribution in [3.05, 3.63) is 29.8 Å². The average molecular weight is 215 g/mol. The van der Waals surface area contributed by atoms with E-state index in [1.54, 1.807) is 24.3 Å². The minimum atomic E-state index is -0.626. The Kier molecular flexibility index (Phi) is 2.56. The molecule has 0 aliphatic carbocycles. The number of nitrogens with zero attached hydrogens (tertiary/aromatic N) is 2. The first-order chi connectivity index (χ1) is 7.74. The number of hydrogen-bond donors (Lipinski definition) is 1. The van der Waals surface area contributed by atoms with E-state index in [1.807, 2.05) is 6.07 Å². The summed E-state index contributed by atoms with van der Waals surface area (Å²) in [4.78, 5) is 24.1. The molecule has 0 radical (unpaired) electrons. The number of carbonyl (C=O) groups is 2. The van der Waals surface area contributed by atoms with Crippen molar-refractivity contribution in [1.82, 2.24) is 5.32 Å². The maximum atomic E-state index is 11.6. The van der Waals surface area contributed by atoms with E-state index in [2.05, 4.69) is 5.32 Å². The topological polar surface area (TPSA) is 73.2 Å². The summed E-state index contributed by atoms with van der Waals surface area (Å²) in [6.07, 6.45) is 0.